The average molecular weight is 313 g/mol. The molecule has 1 heterocycles. The van der Waals surface area contributed by atoms with Gasteiger partial charge in [-0.15, -0.1) is 0 Å². The molecular weight excluding hydrogens is 294 g/mol. The highest BCUT2D eigenvalue weighted by atomic mass is 32.2. The van der Waals surface area contributed by atoms with Crippen LogP contribution in [0.4, 0.5) is 5.69 Å². The molecule has 0 saturated carbocycles. The van der Waals surface area contributed by atoms with Gasteiger partial charge in [-0.2, -0.15) is 0 Å². The Bertz CT molecular complexity index is 624. The monoisotopic (exact) mass is 313 g/mol. The fraction of sp³-hybridized carbons (Fsp3) is 0.538. The third-order valence-electron chi connectivity index (χ3n) is 3.60. The van der Waals surface area contributed by atoms with Gasteiger partial charge in [-0.25, -0.2) is 13.1 Å². The maximum absolute atomic E-state index is 12.3. The minimum atomic E-state index is -3.88. The van der Waals surface area contributed by atoms with Crippen molar-refractivity contribution < 1.29 is 13.3 Å². The normalized spacial score (nSPS) is 18.8. The molecule has 0 aliphatic carbocycles. The molecular formula is C13H19N3O4S. The Morgan fingerprint density at radius 3 is 2.86 bits per heavy atom. The van der Waals surface area contributed by atoms with Crippen molar-refractivity contribution in [3.05, 3.63) is 33.9 Å². The van der Waals surface area contributed by atoms with Gasteiger partial charge in [0, 0.05) is 18.7 Å². The summed E-state index contributed by atoms with van der Waals surface area (Å²) in [6.45, 7) is 2.78. The standard InChI is InChI=1S/C13H19N3O4S/c1-10-4-2-6-12(16(17)18)13(10)21(19,20)15-9-7-11-5-3-8-14-11/h2,4,6,11,14-15H,3,5,7-9H2,1H3/t11-/m1/s1. The van der Waals surface area contributed by atoms with Crippen molar-refractivity contribution in [2.75, 3.05) is 13.1 Å². The van der Waals surface area contributed by atoms with Gasteiger partial charge >= 0.3 is 0 Å². The van der Waals surface area contributed by atoms with Gasteiger partial charge in [0.25, 0.3) is 5.69 Å². The van der Waals surface area contributed by atoms with Crippen molar-refractivity contribution in [1.82, 2.24) is 10.0 Å². The number of nitrogens with one attached hydrogen (secondary N) is 2. The molecule has 21 heavy (non-hydrogen) atoms. The van der Waals surface area contributed by atoms with Gasteiger partial charge in [0.2, 0.25) is 10.0 Å². The van der Waals surface area contributed by atoms with E-state index in [-0.39, 0.29) is 17.1 Å². The first kappa shape index (κ1) is 15.9. The molecule has 1 saturated heterocycles. The Morgan fingerprint density at radius 2 is 2.24 bits per heavy atom. The number of nitro benzene ring substituents is 1. The van der Waals surface area contributed by atoms with Crippen molar-refractivity contribution >= 4 is 15.7 Å². The summed E-state index contributed by atoms with van der Waals surface area (Å²) in [6, 6.07) is 4.56. The van der Waals surface area contributed by atoms with Crippen LogP contribution in [0.25, 0.3) is 0 Å². The van der Waals surface area contributed by atoms with E-state index in [1.54, 1.807) is 13.0 Å². The maximum Gasteiger partial charge on any atom is 0.289 e. The van der Waals surface area contributed by atoms with Crippen LogP contribution in [0.2, 0.25) is 0 Å². The van der Waals surface area contributed by atoms with Crippen LogP contribution < -0.4 is 10.0 Å². The van der Waals surface area contributed by atoms with Gasteiger partial charge in [0.05, 0.1) is 4.92 Å². The first-order valence-corrected chi connectivity index (χ1v) is 8.37. The van der Waals surface area contributed by atoms with Gasteiger partial charge < -0.3 is 5.32 Å². The quantitative estimate of drug-likeness (QED) is 0.609. The molecule has 1 aliphatic heterocycles. The van der Waals surface area contributed by atoms with E-state index in [0.717, 1.165) is 19.4 Å². The topological polar surface area (TPSA) is 101 Å². The molecule has 1 aromatic rings. The first-order valence-electron chi connectivity index (χ1n) is 6.89. The molecule has 1 aliphatic rings. The van der Waals surface area contributed by atoms with Crippen molar-refractivity contribution in [1.29, 1.82) is 0 Å². The van der Waals surface area contributed by atoms with Gasteiger partial charge in [-0.1, -0.05) is 12.1 Å². The van der Waals surface area contributed by atoms with Crippen LogP contribution in [0.3, 0.4) is 0 Å². The van der Waals surface area contributed by atoms with Gasteiger partial charge in [-0.05, 0) is 38.3 Å². The molecule has 1 atom stereocenters. The van der Waals surface area contributed by atoms with Crippen LogP contribution in [-0.2, 0) is 10.0 Å². The number of hydrogen-bond acceptors (Lipinski definition) is 5. The van der Waals surface area contributed by atoms with Crippen molar-refractivity contribution in [3.8, 4) is 0 Å². The summed E-state index contributed by atoms with van der Waals surface area (Å²) in [6.07, 6.45) is 2.81. The zero-order valence-electron chi connectivity index (χ0n) is 11.8. The van der Waals surface area contributed by atoms with Crippen molar-refractivity contribution in [2.45, 2.75) is 37.1 Å². The third kappa shape index (κ3) is 3.78. The predicted molar refractivity (Wildman–Crippen MR) is 78.7 cm³/mol. The molecule has 0 spiro atoms. The number of nitrogens with zero attached hydrogens (tertiary/aromatic N) is 1. The summed E-state index contributed by atoms with van der Waals surface area (Å²) in [7, 11) is -3.88. The SMILES string of the molecule is Cc1cccc([N+](=O)[O-])c1S(=O)(=O)NCC[C@H]1CCCN1. The van der Waals surface area contributed by atoms with Gasteiger partial charge in [-0.3, -0.25) is 10.1 Å². The second kappa shape index (κ2) is 6.50. The molecule has 1 aromatic carbocycles. The van der Waals surface area contributed by atoms with E-state index in [2.05, 4.69) is 10.0 Å². The molecule has 0 amide bonds. The summed E-state index contributed by atoms with van der Waals surface area (Å²) in [5.41, 5.74) is -0.0165. The number of aryl methyl sites for hydroxylation is 1. The zero-order valence-corrected chi connectivity index (χ0v) is 12.6. The molecule has 116 valence electrons. The lowest BCUT2D eigenvalue weighted by atomic mass is 10.2. The summed E-state index contributed by atoms with van der Waals surface area (Å²) < 4.78 is 27.1. The van der Waals surface area contributed by atoms with Gasteiger partial charge in [0.15, 0.2) is 4.90 Å². The van der Waals surface area contributed by atoms with Crippen LogP contribution in [-0.4, -0.2) is 32.5 Å². The molecule has 7 nitrogen and oxygen atoms in total. The second-order valence-corrected chi connectivity index (χ2v) is 6.86. The average Bonchev–Trinajstić information content (AvgIpc) is 2.91. The molecule has 0 unspecified atom stereocenters. The Balaban J connectivity index is 2.13. The van der Waals surface area contributed by atoms with Crippen LogP contribution in [0.1, 0.15) is 24.8 Å². The highest BCUT2D eigenvalue weighted by molar-refractivity contribution is 7.89. The fourth-order valence-corrected chi connectivity index (χ4v) is 4.01. The molecule has 2 N–H and O–H groups in total. The molecule has 8 heteroatoms. The van der Waals surface area contributed by atoms with Crippen molar-refractivity contribution in [2.24, 2.45) is 0 Å². The lowest BCUT2D eigenvalue weighted by Crippen LogP contribution is -2.31. The summed E-state index contributed by atoms with van der Waals surface area (Å²) in [5, 5.41) is 14.3. The number of sulfonamides is 1. The van der Waals surface area contributed by atoms with E-state index in [9.17, 15) is 18.5 Å². The summed E-state index contributed by atoms with van der Waals surface area (Å²) >= 11 is 0. The van der Waals surface area contributed by atoms with Gasteiger partial charge in [0.1, 0.15) is 0 Å². The maximum atomic E-state index is 12.3. The Kier molecular flexibility index (Phi) is 4.92. The largest absolute Gasteiger partial charge is 0.314 e. The lowest BCUT2D eigenvalue weighted by molar-refractivity contribution is -0.387. The van der Waals surface area contributed by atoms with E-state index < -0.39 is 14.9 Å². The van der Waals surface area contributed by atoms with Crippen LogP contribution >= 0.6 is 0 Å². The predicted octanol–water partition coefficient (Wildman–Crippen LogP) is 1.32. The molecule has 2 rings (SSSR count). The van der Waals surface area contributed by atoms with Crippen molar-refractivity contribution in [3.63, 3.8) is 0 Å². The van der Waals surface area contributed by atoms with Crippen LogP contribution in [0.15, 0.2) is 23.1 Å². The minimum Gasteiger partial charge on any atom is -0.314 e. The molecule has 0 bridgehead atoms. The van der Waals surface area contributed by atoms with Crippen LogP contribution in [0, 0.1) is 17.0 Å². The first-order chi connectivity index (χ1) is 9.92. The summed E-state index contributed by atoms with van der Waals surface area (Å²) in [5.74, 6) is 0. The van der Waals surface area contributed by atoms with Crippen LogP contribution in [0.5, 0.6) is 0 Å². The number of hydrogen-bond donors (Lipinski definition) is 2. The lowest BCUT2D eigenvalue weighted by Gasteiger charge is -2.12. The fourth-order valence-electron chi connectivity index (χ4n) is 2.57. The summed E-state index contributed by atoms with van der Waals surface area (Å²) in [4.78, 5) is 10.1. The minimum absolute atomic E-state index is 0.241. The second-order valence-electron chi connectivity index (χ2n) is 5.16. The molecule has 1 fully saturated rings. The molecule has 0 radical (unpaired) electrons. The van der Waals surface area contributed by atoms with E-state index in [0.29, 0.717) is 18.0 Å². The highest BCUT2D eigenvalue weighted by Gasteiger charge is 2.27. The van der Waals surface area contributed by atoms with E-state index >= 15 is 0 Å². The smallest absolute Gasteiger partial charge is 0.289 e. The Labute approximate surface area is 123 Å². The van der Waals surface area contributed by atoms with E-state index in [1.807, 2.05) is 0 Å². The number of rotatable bonds is 6. The number of benzene rings is 1. The third-order valence-corrected chi connectivity index (χ3v) is 5.26. The highest BCUT2D eigenvalue weighted by Crippen LogP contribution is 2.26. The van der Waals surface area contributed by atoms with E-state index in [4.69, 9.17) is 0 Å². The van der Waals surface area contributed by atoms with E-state index in [1.165, 1.54) is 12.1 Å². The Hall–Kier alpha value is -1.51. The Morgan fingerprint density at radius 1 is 1.48 bits per heavy atom. The molecule has 0 aromatic heterocycles. The number of nitro groups is 1. The zero-order chi connectivity index (χ0) is 15.5.